The van der Waals surface area contributed by atoms with Crippen molar-refractivity contribution in [3.8, 4) is 16.9 Å². The maximum absolute atomic E-state index is 13.0. The van der Waals surface area contributed by atoms with E-state index in [9.17, 15) is 9.36 Å². The second-order valence-corrected chi connectivity index (χ2v) is 11.9. The van der Waals surface area contributed by atoms with Gasteiger partial charge in [0.15, 0.2) is 0 Å². The van der Waals surface area contributed by atoms with E-state index in [2.05, 4.69) is 12.2 Å². The number of ether oxygens (including phenoxy) is 1. The Kier molecular flexibility index (Phi) is 13.4. The van der Waals surface area contributed by atoms with Crippen molar-refractivity contribution in [1.82, 2.24) is 0 Å². The van der Waals surface area contributed by atoms with Crippen molar-refractivity contribution in [1.29, 1.82) is 0 Å². The summed E-state index contributed by atoms with van der Waals surface area (Å²) in [5.74, 6) is 0.682. The maximum Gasteiger partial charge on any atom is 0.330 e. The highest BCUT2D eigenvalue weighted by molar-refractivity contribution is 7.53. The smallest absolute Gasteiger partial charge is 0.330 e. The number of para-hydroxylation sites is 1. The summed E-state index contributed by atoms with van der Waals surface area (Å²) >= 11 is 0. The number of nitrogens with one attached hydrogen (secondary N) is 1. The predicted octanol–water partition coefficient (Wildman–Crippen LogP) is 9.15. The third-order valence-electron chi connectivity index (χ3n) is 6.67. The second-order valence-electron chi connectivity index (χ2n) is 9.75. The van der Waals surface area contributed by atoms with E-state index in [0.29, 0.717) is 30.9 Å². The number of benzene rings is 3. The second kappa shape index (κ2) is 17.0. The molecule has 40 heavy (non-hydrogen) atoms. The van der Waals surface area contributed by atoms with Gasteiger partial charge in [0, 0.05) is 11.3 Å². The van der Waals surface area contributed by atoms with E-state index in [-0.39, 0.29) is 12.1 Å². The van der Waals surface area contributed by atoms with Crippen LogP contribution in [0, 0.1) is 0 Å². The van der Waals surface area contributed by atoms with Crippen LogP contribution in [-0.4, -0.2) is 31.9 Å². The standard InChI is InChI=1S/C33H44NO5P/c1-4-7-8-9-10-13-25-37-31-22-20-28(21-23-31)27-16-18-30(19-17-27)33(35)34-32-15-12-11-14-29(32)24-26-40(36,38-5-2)39-6-3/h11-12,14-23H,4-10,13,24-26H2,1-3H3,(H,34,35). The van der Waals surface area contributed by atoms with Crippen LogP contribution in [0.2, 0.25) is 0 Å². The van der Waals surface area contributed by atoms with E-state index in [1.54, 1.807) is 13.8 Å². The van der Waals surface area contributed by atoms with Gasteiger partial charge in [0.25, 0.3) is 5.91 Å². The van der Waals surface area contributed by atoms with Crippen molar-refractivity contribution >= 4 is 19.2 Å². The van der Waals surface area contributed by atoms with Crippen LogP contribution in [0.3, 0.4) is 0 Å². The molecule has 0 spiro atoms. The largest absolute Gasteiger partial charge is 0.494 e. The molecule has 0 radical (unpaired) electrons. The molecule has 0 unspecified atom stereocenters. The molecule has 0 fully saturated rings. The zero-order chi connectivity index (χ0) is 28.6. The van der Waals surface area contributed by atoms with E-state index in [4.69, 9.17) is 13.8 Å². The van der Waals surface area contributed by atoms with Gasteiger partial charge in [-0.2, -0.15) is 0 Å². The molecule has 0 aliphatic carbocycles. The zero-order valence-electron chi connectivity index (χ0n) is 24.2. The van der Waals surface area contributed by atoms with Crippen molar-refractivity contribution in [3.63, 3.8) is 0 Å². The molecule has 0 bridgehead atoms. The van der Waals surface area contributed by atoms with Crippen LogP contribution in [0.4, 0.5) is 5.69 Å². The lowest BCUT2D eigenvalue weighted by atomic mass is 10.0. The van der Waals surface area contributed by atoms with E-state index in [0.717, 1.165) is 35.5 Å². The Balaban J connectivity index is 1.55. The monoisotopic (exact) mass is 565 g/mol. The number of rotatable bonds is 18. The lowest BCUT2D eigenvalue weighted by Crippen LogP contribution is -2.14. The van der Waals surface area contributed by atoms with Crippen molar-refractivity contribution in [2.75, 3.05) is 31.3 Å². The Morgan fingerprint density at radius 3 is 2.00 bits per heavy atom. The molecule has 0 aliphatic rings. The topological polar surface area (TPSA) is 73.9 Å². The molecule has 1 amide bonds. The number of carbonyl (C=O) groups is 1. The lowest BCUT2D eigenvalue weighted by molar-refractivity contribution is 0.102. The molecule has 0 saturated heterocycles. The van der Waals surface area contributed by atoms with E-state index < -0.39 is 7.60 Å². The molecule has 0 aliphatic heterocycles. The number of amides is 1. The van der Waals surface area contributed by atoms with Gasteiger partial charge in [0.05, 0.1) is 26.0 Å². The Bertz CT molecular complexity index is 1200. The van der Waals surface area contributed by atoms with Crippen molar-refractivity contribution in [3.05, 3.63) is 83.9 Å². The number of anilines is 1. The summed E-state index contributed by atoms with van der Waals surface area (Å²) in [6, 6.07) is 23.2. The highest BCUT2D eigenvalue weighted by atomic mass is 31.2. The average molecular weight is 566 g/mol. The molecule has 3 aromatic carbocycles. The van der Waals surface area contributed by atoms with E-state index in [1.165, 1.54) is 32.1 Å². The summed E-state index contributed by atoms with van der Waals surface area (Å²) in [6.45, 7) is 7.22. The molecule has 7 heteroatoms. The fourth-order valence-corrected chi connectivity index (χ4v) is 6.14. The summed E-state index contributed by atoms with van der Waals surface area (Å²) in [5.41, 5.74) is 4.23. The van der Waals surface area contributed by atoms with Gasteiger partial charge < -0.3 is 19.1 Å². The van der Waals surface area contributed by atoms with Gasteiger partial charge in [-0.1, -0.05) is 81.5 Å². The SMILES string of the molecule is CCCCCCCCOc1ccc(-c2ccc(C(=O)Nc3ccccc3CCP(=O)(OCC)OCC)cc2)cc1. The first-order chi connectivity index (χ1) is 19.5. The first-order valence-corrected chi connectivity index (χ1v) is 16.3. The van der Waals surface area contributed by atoms with Gasteiger partial charge in [0.1, 0.15) is 5.75 Å². The molecule has 0 saturated carbocycles. The van der Waals surface area contributed by atoms with Crippen molar-refractivity contribution in [2.45, 2.75) is 65.7 Å². The Hall–Kier alpha value is -2.92. The van der Waals surface area contributed by atoms with Crippen LogP contribution in [0.25, 0.3) is 11.1 Å². The van der Waals surface area contributed by atoms with E-state index >= 15 is 0 Å². The minimum atomic E-state index is -3.17. The van der Waals surface area contributed by atoms with Gasteiger partial charge in [-0.15, -0.1) is 0 Å². The number of hydrogen-bond acceptors (Lipinski definition) is 5. The fraction of sp³-hybridized carbons (Fsp3) is 0.424. The van der Waals surface area contributed by atoms with Gasteiger partial charge in [-0.05, 0) is 73.7 Å². The number of unbranched alkanes of at least 4 members (excludes halogenated alkanes) is 5. The minimum Gasteiger partial charge on any atom is -0.494 e. The fourth-order valence-electron chi connectivity index (χ4n) is 4.50. The molecule has 216 valence electrons. The number of aryl methyl sites for hydroxylation is 1. The molecular formula is C33H44NO5P. The summed E-state index contributed by atoms with van der Waals surface area (Å²) in [5, 5.41) is 3.01. The Labute approximate surface area is 240 Å². The molecule has 0 atom stereocenters. The highest BCUT2D eigenvalue weighted by Gasteiger charge is 2.23. The molecular weight excluding hydrogens is 521 g/mol. The zero-order valence-corrected chi connectivity index (χ0v) is 25.1. The lowest BCUT2D eigenvalue weighted by Gasteiger charge is -2.18. The van der Waals surface area contributed by atoms with Gasteiger partial charge in [-0.25, -0.2) is 0 Å². The molecule has 6 nitrogen and oxygen atoms in total. The molecule has 0 aromatic heterocycles. The van der Waals surface area contributed by atoms with Crippen LogP contribution in [0.5, 0.6) is 5.75 Å². The summed E-state index contributed by atoms with van der Waals surface area (Å²) in [7, 11) is -3.17. The molecule has 3 rings (SSSR count). The third kappa shape index (κ3) is 10.2. The predicted molar refractivity (Wildman–Crippen MR) is 165 cm³/mol. The van der Waals surface area contributed by atoms with E-state index in [1.807, 2.05) is 72.8 Å². The molecule has 0 heterocycles. The van der Waals surface area contributed by atoms with Crippen LogP contribution >= 0.6 is 7.60 Å². The number of carbonyl (C=O) groups excluding carboxylic acids is 1. The maximum atomic E-state index is 13.0. The highest BCUT2D eigenvalue weighted by Crippen LogP contribution is 2.48. The number of hydrogen-bond donors (Lipinski definition) is 1. The van der Waals surface area contributed by atoms with Crippen molar-refractivity contribution in [2.24, 2.45) is 0 Å². The summed E-state index contributed by atoms with van der Waals surface area (Å²) < 4.78 is 29.6. The van der Waals surface area contributed by atoms with Gasteiger partial charge in [-0.3, -0.25) is 9.36 Å². The summed E-state index contributed by atoms with van der Waals surface area (Å²) in [4.78, 5) is 13.0. The molecule has 1 N–H and O–H groups in total. The van der Waals surface area contributed by atoms with Crippen LogP contribution in [-0.2, 0) is 20.0 Å². The minimum absolute atomic E-state index is 0.199. The van der Waals surface area contributed by atoms with Crippen LogP contribution in [0.1, 0.15) is 75.2 Å². The quantitative estimate of drug-likeness (QED) is 0.123. The molecule has 3 aromatic rings. The normalized spacial score (nSPS) is 11.4. The summed E-state index contributed by atoms with van der Waals surface area (Å²) in [6.07, 6.45) is 8.19. The van der Waals surface area contributed by atoms with Crippen LogP contribution < -0.4 is 10.1 Å². The van der Waals surface area contributed by atoms with Gasteiger partial charge >= 0.3 is 7.60 Å². The van der Waals surface area contributed by atoms with Gasteiger partial charge in [0.2, 0.25) is 0 Å². The van der Waals surface area contributed by atoms with Crippen LogP contribution in [0.15, 0.2) is 72.8 Å². The average Bonchev–Trinajstić information content (AvgIpc) is 2.97. The third-order valence-corrected chi connectivity index (χ3v) is 8.75. The first kappa shape index (κ1) is 31.6. The first-order valence-electron chi connectivity index (χ1n) is 14.6. The Morgan fingerprint density at radius 1 is 0.750 bits per heavy atom. The Morgan fingerprint density at radius 2 is 1.35 bits per heavy atom. The van der Waals surface area contributed by atoms with Crippen molar-refractivity contribution < 1.29 is 23.1 Å².